The molecule has 0 aromatic rings. The largest absolute Gasteiger partial charge is 0.481 e. The number of aliphatic hydroxyl groups excluding tert-OH is 1. The second-order valence-electron chi connectivity index (χ2n) is 5.80. The molecular weight excluding hydrogens is 234 g/mol. The van der Waals surface area contributed by atoms with Gasteiger partial charge in [-0.1, -0.05) is 12.8 Å². The number of hydrogen-bond donors (Lipinski definition) is 2. The number of amides is 1. The van der Waals surface area contributed by atoms with E-state index in [0.29, 0.717) is 19.5 Å². The molecule has 0 aromatic heterocycles. The van der Waals surface area contributed by atoms with Gasteiger partial charge in [-0.15, -0.1) is 0 Å². The van der Waals surface area contributed by atoms with Crippen molar-refractivity contribution >= 4 is 11.9 Å². The van der Waals surface area contributed by atoms with Crippen molar-refractivity contribution < 1.29 is 19.8 Å². The van der Waals surface area contributed by atoms with Crippen LogP contribution >= 0.6 is 0 Å². The summed E-state index contributed by atoms with van der Waals surface area (Å²) in [7, 11) is 0. The molecule has 0 radical (unpaired) electrons. The molecule has 0 spiro atoms. The highest BCUT2D eigenvalue weighted by molar-refractivity contribution is 5.79. The molecule has 5 heteroatoms. The van der Waals surface area contributed by atoms with Gasteiger partial charge in [0.15, 0.2) is 0 Å². The minimum atomic E-state index is -0.804. The molecule has 1 aliphatic carbocycles. The second kappa shape index (κ2) is 5.26. The Kier molecular flexibility index (Phi) is 3.90. The van der Waals surface area contributed by atoms with Gasteiger partial charge in [0.25, 0.3) is 0 Å². The fraction of sp³-hybridized carbons (Fsp3) is 0.846. The summed E-state index contributed by atoms with van der Waals surface area (Å²) in [6.45, 7) is 1.38. The van der Waals surface area contributed by atoms with E-state index < -0.39 is 5.97 Å². The zero-order valence-electron chi connectivity index (χ0n) is 10.6. The summed E-state index contributed by atoms with van der Waals surface area (Å²) in [5.74, 6) is -0.530. The van der Waals surface area contributed by atoms with Gasteiger partial charge in [-0.25, -0.2) is 0 Å². The maximum Gasteiger partial charge on any atom is 0.303 e. The van der Waals surface area contributed by atoms with Gasteiger partial charge in [-0.2, -0.15) is 0 Å². The highest BCUT2D eigenvalue weighted by Crippen LogP contribution is 2.44. The zero-order chi connectivity index (χ0) is 13.2. The van der Waals surface area contributed by atoms with Crippen molar-refractivity contribution in [2.45, 2.75) is 38.5 Å². The lowest BCUT2D eigenvalue weighted by atomic mass is 9.78. The molecule has 1 saturated heterocycles. The van der Waals surface area contributed by atoms with Gasteiger partial charge in [0.2, 0.25) is 5.91 Å². The van der Waals surface area contributed by atoms with Crippen molar-refractivity contribution in [1.82, 2.24) is 4.90 Å². The maximum atomic E-state index is 12.1. The van der Waals surface area contributed by atoms with E-state index in [4.69, 9.17) is 10.2 Å². The number of carbonyl (C=O) groups excluding carboxylic acids is 1. The Labute approximate surface area is 107 Å². The molecule has 102 valence electrons. The molecule has 2 aliphatic rings. The van der Waals surface area contributed by atoms with E-state index in [-0.39, 0.29) is 30.3 Å². The van der Waals surface area contributed by atoms with Crippen molar-refractivity contribution in [3.8, 4) is 0 Å². The predicted octanol–water partition coefficient (Wildman–Crippen LogP) is 0.862. The average Bonchev–Trinajstić information content (AvgIpc) is 2.63. The number of rotatable bonds is 5. The summed E-state index contributed by atoms with van der Waals surface area (Å²) in [6.07, 6.45) is 4.22. The monoisotopic (exact) mass is 255 g/mol. The Morgan fingerprint density at radius 1 is 1.17 bits per heavy atom. The number of carboxylic acids is 1. The number of aliphatic carboxylic acids is 1. The Morgan fingerprint density at radius 3 is 2.28 bits per heavy atom. The van der Waals surface area contributed by atoms with Crippen LogP contribution in [0.3, 0.4) is 0 Å². The Bertz CT molecular complexity index is 330. The van der Waals surface area contributed by atoms with Gasteiger partial charge < -0.3 is 15.1 Å². The van der Waals surface area contributed by atoms with Crippen LogP contribution in [0.1, 0.15) is 38.5 Å². The summed E-state index contributed by atoms with van der Waals surface area (Å²) < 4.78 is 0. The summed E-state index contributed by atoms with van der Waals surface area (Å²) in [5, 5.41) is 17.9. The Morgan fingerprint density at radius 2 is 1.78 bits per heavy atom. The van der Waals surface area contributed by atoms with Gasteiger partial charge in [-0.05, 0) is 18.3 Å². The van der Waals surface area contributed by atoms with E-state index in [0.717, 1.165) is 25.7 Å². The third-order valence-electron chi connectivity index (χ3n) is 4.28. The molecule has 0 aromatic carbocycles. The summed E-state index contributed by atoms with van der Waals surface area (Å²) in [5.41, 5.74) is -0.312. The molecule has 1 heterocycles. The number of carbonyl (C=O) groups is 2. The molecule has 2 rings (SSSR count). The first-order valence-electron chi connectivity index (χ1n) is 6.65. The van der Waals surface area contributed by atoms with E-state index >= 15 is 0 Å². The molecule has 0 unspecified atom stereocenters. The minimum absolute atomic E-state index is 0.0582. The SMILES string of the molecule is O=C(O)CC1(CC(=O)N2CC(CO)C2)CCCC1. The summed E-state index contributed by atoms with van der Waals surface area (Å²) >= 11 is 0. The van der Waals surface area contributed by atoms with Crippen LogP contribution in [0.15, 0.2) is 0 Å². The number of carboxylic acid groups (broad SMARTS) is 1. The first-order chi connectivity index (χ1) is 8.54. The van der Waals surface area contributed by atoms with Gasteiger partial charge in [0.1, 0.15) is 0 Å². The predicted molar refractivity (Wildman–Crippen MR) is 64.9 cm³/mol. The molecule has 2 fully saturated rings. The average molecular weight is 255 g/mol. The molecule has 18 heavy (non-hydrogen) atoms. The lowest BCUT2D eigenvalue weighted by Gasteiger charge is -2.40. The van der Waals surface area contributed by atoms with Crippen molar-refractivity contribution in [1.29, 1.82) is 0 Å². The smallest absolute Gasteiger partial charge is 0.303 e. The zero-order valence-corrected chi connectivity index (χ0v) is 10.6. The summed E-state index contributed by atoms with van der Waals surface area (Å²) in [6, 6.07) is 0. The van der Waals surface area contributed by atoms with Gasteiger partial charge in [0, 0.05) is 32.0 Å². The summed E-state index contributed by atoms with van der Waals surface area (Å²) in [4.78, 5) is 24.8. The highest BCUT2D eigenvalue weighted by atomic mass is 16.4. The van der Waals surface area contributed by atoms with Crippen molar-refractivity contribution in [3.63, 3.8) is 0 Å². The van der Waals surface area contributed by atoms with Crippen LogP contribution < -0.4 is 0 Å². The van der Waals surface area contributed by atoms with Crippen LogP contribution in [0.5, 0.6) is 0 Å². The number of hydrogen-bond acceptors (Lipinski definition) is 3. The van der Waals surface area contributed by atoms with Gasteiger partial charge in [-0.3, -0.25) is 9.59 Å². The third kappa shape index (κ3) is 2.83. The molecule has 2 N–H and O–H groups in total. The quantitative estimate of drug-likeness (QED) is 0.764. The number of aliphatic hydroxyl groups is 1. The normalized spacial score (nSPS) is 22.8. The molecular formula is C13H21NO4. The van der Waals surface area contributed by atoms with Crippen LogP contribution in [-0.4, -0.2) is 46.7 Å². The van der Waals surface area contributed by atoms with Crippen molar-refractivity contribution in [2.24, 2.45) is 11.3 Å². The number of likely N-dealkylation sites (tertiary alicyclic amines) is 1. The first-order valence-corrected chi connectivity index (χ1v) is 6.65. The van der Waals surface area contributed by atoms with E-state index in [1.807, 2.05) is 0 Å². The maximum absolute atomic E-state index is 12.1. The Balaban J connectivity index is 1.89. The van der Waals surface area contributed by atoms with Gasteiger partial charge in [0.05, 0.1) is 6.42 Å². The van der Waals surface area contributed by atoms with Crippen molar-refractivity contribution in [3.05, 3.63) is 0 Å². The third-order valence-corrected chi connectivity index (χ3v) is 4.28. The molecule has 1 aliphatic heterocycles. The molecule has 1 amide bonds. The second-order valence-corrected chi connectivity index (χ2v) is 5.80. The van der Waals surface area contributed by atoms with Crippen LogP contribution in [0.2, 0.25) is 0 Å². The fourth-order valence-electron chi connectivity index (χ4n) is 3.18. The van der Waals surface area contributed by atoms with E-state index in [2.05, 4.69) is 0 Å². The van der Waals surface area contributed by atoms with E-state index in [1.54, 1.807) is 4.90 Å². The van der Waals surface area contributed by atoms with Crippen LogP contribution in [-0.2, 0) is 9.59 Å². The minimum Gasteiger partial charge on any atom is -0.481 e. The molecule has 5 nitrogen and oxygen atoms in total. The fourth-order valence-corrected chi connectivity index (χ4v) is 3.18. The van der Waals surface area contributed by atoms with E-state index in [9.17, 15) is 9.59 Å². The van der Waals surface area contributed by atoms with Crippen LogP contribution in [0.4, 0.5) is 0 Å². The lowest BCUT2D eigenvalue weighted by Crippen LogP contribution is -2.52. The lowest BCUT2D eigenvalue weighted by molar-refractivity contribution is -0.144. The van der Waals surface area contributed by atoms with E-state index in [1.165, 1.54) is 0 Å². The molecule has 0 atom stereocenters. The highest BCUT2D eigenvalue weighted by Gasteiger charge is 2.40. The molecule has 0 bridgehead atoms. The van der Waals surface area contributed by atoms with Gasteiger partial charge >= 0.3 is 5.97 Å². The Hall–Kier alpha value is -1.10. The first kappa shape index (κ1) is 13.3. The van der Waals surface area contributed by atoms with Crippen molar-refractivity contribution in [2.75, 3.05) is 19.7 Å². The van der Waals surface area contributed by atoms with Crippen LogP contribution in [0, 0.1) is 11.3 Å². The number of nitrogens with zero attached hydrogens (tertiary/aromatic N) is 1. The standard InChI is InChI=1S/C13H21NO4/c15-9-10-7-14(8-10)11(16)5-13(6-12(17)18)3-1-2-4-13/h10,15H,1-9H2,(H,17,18). The topological polar surface area (TPSA) is 77.8 Å². The molecule has 1 saturated carbocycles. The van der Waals surface area contributed by atoms with Crippen LogP contribution in [0.25, 0.3) is 0 Å².